The van der Waals surface area contributed by atoms with Gasteiger partial charge in [-0.3, -0.25) is 0 Å². The van der Waals surface area contributed by atoms with Crippen molar-refractivity contribution in [1.29, 1.82) is 0 Å². The van der Waals surface area contributed by atoms with Crippen LogP contribution in [-0.2, 0) is 13.2 Å². The molecule has 0 radical (unpaired) electrons. The Morgan fingerprint density at radius 3 is 2.54 bits per heavy atom. The second-order valence-corrected chi connectivity index (χ2v) is 6.69. The highest BCUT2D eigenvalue weighted by Crippen LogP contribution is 2.29. The molecule has 1 fully saturated rings. The molecule has 0 bridgehead atoms. The van der Waals surface area contributed by atoms with Crippen molar-refractivity contribution in [2.24, 2.45) is 5.92 Å². The van der Waals surface area contributed by atoms with E-state index in [0.717, 1.165) is 37.7 Å². The van der Waals surface area contributed by atoms with Gasteiger partial charge in [0.05, 0.1) is 7.11 Å². The van der Waals surface area contributed by atoms with E-state index in [2.05, 4.69) is 10.6 Å². The van der Waals surface area contributed by atoms with Gasteiger partial charge in [-0.25, -0.2) is 4.39 Å². The van der Waals surface area contributed by atoms with Crippen LogP contribution in [-0.4, -0.2) is 26.7 Å². The molecule has 2 aromatic carbocycles. The third kappa shape index (κ3) is 7.13. The van der Waals surface area contributed by atoms with Gasteiger partial charge < -0.3 is 44.9 Å². The van der Waals surface area contributed by atoms with E-state index in [0.29, 0.717) is 17.1 Å². The molecule has 0 atom stereocenters. The van der Waals surface area contributed by atoms with Gasteiger partial charge in [0.15, 0.2) is 11.5 Å². The van der Waals surface area contributed by atoms with Crippen LogP contribution in [0.1, 0.15) is 24.0 Å². The topological polar surface area (TPSA) is 42.5 Å². The number of hydrogen-bond acceptors (Lipinski definition) is 4. The van der Waals surface area contributed by atoms with Crippen molar-refractivity contribution in [3.63, 3.8) is 0 Å². The highest BCUT2D eigenvalue weighted by molar-refractivity contribution is 5.43. The third-order valence-electron chi connectivity index (χ3n) is 4.79. The van der Waals surface area contributed by atoms with Crippen molar-refractivity contribution in [1.82, 2.24) is 10.6 Å². The largest absolute Gasteiger partial charge is 1.00 e. The van der Waals surface area contributed by atoms with E-state index < -0.39 is 0 Å². The van der Waals surface area contributed by atoms with Gasteiger partial charge in [-0.15, -0.1) is 0 Å². The van der Waals surface area contributed by atoms with Crippen molar-refractivity contribution in [2.75, 3.05) is 26.7 Å². The number of ether oxygens (including phenoxy) is 2. The highest BCUT2D eigenvalue weighted by atomic mass is 35.5. The zero-order chi connectivity index (χ0) is 18.2. The molecule has 156 valence electrons. The molecular weight excluding hydrogens is 402 g/mol. The van der Waals surface area contributed by atoms with Gasteiger partial charge in [0.1, 0.15) is 12.4 Å². The molecule has 4 nitrogen and oxygen atoms in total. The predicted molar refractivity (Wildman–Crippen MR) is 101 cm³/mol. The van der Waals surface area contributed by atoms with E-state index in [1.807, 2.05) is 18.2 Å². The first-order chi connectivity index (χ1) is 12.8. The lowest BCUT2D eigenvalue weighted by Crippen LogP contribution is -3.00. The molecular formula is C21H27Cl2FN2O2-2. The predicted octanol–water partition coefficient (Wildman–Crippen LogP) is -2.49. The van der Waals surface area contributed by atoms with Gasteiger partial charge in [-0.2, -0.15) is 0 Å². The number of nitrogens with one attached hydrogen (secondary N) is 2. The zero-order valence-electron chi connectivity index (χ0n) is 16.0. The number of piperidine rings is 1. The van der Waals surface area contributed by atoms with Crippen LogP contribution in [0.15, 0.2) is 42.5 Å². The number of halogens is 3. The van der Waals surface area contributed by atoms with Gasteiger partial charge in [0, 0.05) is 12.1 Å². The highest BCUT2D eigenvalue weighted by Gasteiger charge is 2.12. The summed E-state index contributed by atoms with van der Waals surface area (Å²) in [4.78, 5) is 0. The molecule has 0 saturated carbocycles. The van der Waals surface area contributed by atoms with Crippen molar-refractivity contribution in [3.8, 4) is 11.5 Å². The fourth-order valence-corrected chi connectivity index (χ4v) is 3.22. The van der Waals surface area contributed by atoms with Crippen molar-refractivity contribution in [3.05, 3.63) is 59.4 Å². The second-order valence-electron chi connectivity index (χ2n) is 6.69. The van der Waals surface area contributed by atoms with E-state index in [1.54, 1.807) is 25.3 Å². The maximum absolute atomic E-state index is 13.7. The summed E-state index contributed by atoms with van der Waals surface area (Å²) >= 11 is 0. The van der Waals surface area contributed by atoms with Crippen molar-refractivity contribution < 1.29 is 38.7 Å². The first-order valence-electron chi connectivity index (χ1n) is 9.21. The molecule has 1 aliphatic rings. The molecule has 2 aromatic rings. The van der Waals surface area contributed by atoms with E-state index in [1.165, 1.54) is 18.9 Å². The molecule has 1 aliphatic heterocycles. The maximum atomic E-state index is 13.7. The minimum atomic E-state index is -0.259. The van der Waals surface area contributed by atoms with Gasteiger partial charge >= 0.3 is 0 Å². The Bertz CT molecular complexity index is 713. The molecule has 2 N–H and O–H groups in total. The monoisotopic (exact) mass is 428 g/mol. The molecule has 3 rings (SSSR count). The maximum Gasteiger partial charge on any atom is 0.161 e. The average Bonchev–Trinajstić information content (AvgIpc) is 2.68. The Labute approximate surface area is 179 Å². The fourth-order valence-electron chi connectivity index (χ4n) is 3.22. The number of rotatable bonds is 8. The van der Waals surface area contributed by atoms with E-state index in [-0.39, 0.29) is 37.2 Å². The summed E-state index contributed by atoms with van der Waals surface area (Å²) in [5.41, 5.74) is 1.68. The van der Waals surface area contributed by atoms with Crippen LogP contribution >= 0.6 is 0 Å². The summed E-state index contributed by atoms with van der Waals surface area (Å²) in [6, 6.07) is 12.5. The minimum Gasteiger partial charge on any atom is -1.00 e. The summed E-state index contributed by atoms with van der Waals surface area (Å²) in [5.74, 6) is 1.78. The van der Waals surface area contributed by atoms with Crippen LogP contribution in [0.2, 0.25) is 0 Å². The standard InChI is InChI=1S/C21H27FN2O2.2ClH/c1-25-21-12-17(14-24-13-16-8-10-23-11-9-16)6-7-20(21)26-15-18-4-2-3-5-19(18)22;;/h2-7,12,16,23-24H,8-11,13-15H2,1H3;2*1H/p-2. The third-order valence-corrected chi connectivity index (χ3v) is 4.79. The first kappa shape index (κ1) is 24.5. The van der Waals surface area contributed by atoms with Gasteiger partial charge in [-0.1, -0.05) is 24.3 Å². The van der Waals surface area contributed by atoms with Gasteiger partial charge in [0.25, 0.3) is 0 Å². The Hall–Kier alpha value is -1.53. The zero-order valence-corrected chi connectivity index (χ0v) is 17.5. The summed E-state index contributed by atoms with van der Waals surface area (Å²) in [7, 11) is 1.62. The van der Waals surface area contributed by atoms with Crippen LogP contribution in [0.4, 0.5) is 4.39 Å². The molecule has 0 unspecified atom stereocenters. The number of hydrogen-bond donors (Lipinski definition) is 2. The number of benzene rings is 2. The molecule has 28 heavy (non-hydrogen) atoms. The lowest BCUT2D eigenvalue weighted by molar-refractivity contribution is -0.00100. The summed E-state index contributed by atoms with van der Waals surface area (Å²) in [6.07, 6.45) is 2.47. The minimum absolute atomic E-state index is 0. The smallest absolute Gasteiger partial charge is 0.161 e. The first-order valence-corrected chi connectivity index (χ1v) is 9.21. The SMILES string of the molecule is COc1cc(CNCC2CCNCC2)ccc1OCc1ccccc1F.[Cl-].[Cl-]. The molecule has 0 spiro atoms. The average molecular weight is 429 g/mol. The quantitative estimate of drug-likeness (QED) is 0.488. The summed E-state index contributed by atoms with van der Waals surface area (Å²) in [6.45, 7) is 4.25. The molecule has 7 heteroatoms. The number of methoxy groups -OCH3 is 1. The van der Waals surface area contributed by atoms with Gasteiger partial charge in [0.2, 0.25) is 0 Å². The Morgan fingerprint density at radius 1 is 1.07 bits per heavy atom. The van der Waals surface area contributed by atoms with E-state index in [4.69, 9.17) is 9.47 Å². The molecule has 1 saturated heterocycles. The lowest BCUT2D eigenvalue weighted by atomic mass is 9.98. The fraction of sp³-hybridized carbons (Fsp3) is 0.429. The van der Waals surface area contributed by atoms with Crippen LogP contribution in [0, 0.1) is 11.7 Å². The molecule has 1 heterocycles. The normalized spacial score (nSPS) is 13.9. The van der Waals surface area contributed by atoms with Gasteiger partial charge in [-0.05, 0) is 62.2 Å². The van der Waals surface area contributed by atoms with Crippen molar-refractivity contribution >= 4 is 0 Å². The second kappa shape index (κ2) is 12.8. The van der Waals surface area contributed by atoms with Crippen LogP contribution in [0.5, 0.6) is 11.5 Å². The van der Waals surface area contributed by atoms with Crippen LogP contribution in [0.25, 0.3) is 0 Å². The Kier molecular flexibility index (Phi) is 11.2. The summed E-state index contributed by atoms with van der Waals surface area (Å²) < 4.78 is 24.9. The summed E-state index contributed by atoms with van der Waals surface area (Å²) in [5, 5.41) is 6.92. The molecule has 0 aliphatic carbocycles. The Morgan fingerprint density at radius 2 is 1.82 bits per heavy atom. The molecule has 0 aromatic heterocycles. The van der Waals surface area contributed by atoms with E-state index >= 15 is 0 Å². The lowest BCUT2D eigenvalue weighted by Gasteiger charge is -2.23. The Balaban J connectivity index is 0.00000196. The van der Waals surface area contributed by atoms with Crippen LogP contribution in [0.3, 0.4) is 0 Å². The molecule has 0 amide bonds. The van der Waals surface area contributed by atoms with Crippen LogP contribution < -0.4 is 44.9 Å². The van der Waals surface area contributed by atoms with Crippen molar-refractivity contribution in [2.45, 2.75) is 26.0 Å². The van der Waals surface area contributed by atoms with E-state index in [9.17, 15) is 4.39 Å².